The SMILES string of the molecule is COC(=O)c1sc(NC(=O)[C@H]2C[C@@H]2c2ccccc2C(F)(F)F)nc1C. The van der Waals surface area contributed by atoms with Gasteiger partial charge in [0.1, 0.15) is 4.88 Å². The molecule has 1 heterocycles. The summed E-state index contributed by atoms with van der Waals surface area (Å²) in [5.41, 5.74) is -0.156. The number of benzene rings is 1. The molecule has 3 rings (SSSR count). The zero-order chi connectivity index (χ0) is 19.1. The number of rotatable bonds is 4. The van der Waals surface area contributed by atoms with Gasteiger partial charge in [0.25, 0.3) is 0 Å². The molecule has 138 valence electrons. The van der Waals surface area contributed by atoms with Gasteiger partial charge in [0.2, 0.25) is 5.91 Å². The predicted octanol–water partition coefficient (Wildman–Crippen LogP) is 4.00. The highest BCUT2D eigenvalue weighted by molar-refractivity contribution is 7.17. The normalized spacial score (nSPS) is 19.1. The van der Waals surface area contributed by atoms with Crippen molar-refractivity contribution < 1.29 is 27.5 Å². The summed E-state index contributed by atoms with van der Waals surface area (Å²) < 4.78 is 44.0. The largest absolute Gasteiger partial charge is 0.465 e. The van der Waals surface area contributed by atoms with Crippen LogP contribution >= 0.6 is 11.3 Å². The molecule has 1 saturated carbocycles. The Morgan fingerprint density at radius 3 is 2.65 bits per heavy atom. The molecule has 2 aromatic rings. The van der Waals surface area contributed by atoms with Crippen LogP contribution in [0, 0.1) is 12.8 Å². The quantitative estimate of drug-likeness (QED) is 0.809. The second-order valence-electron chi connectivity index (χ2n) is 5.95. The minimum atomic E-state index is -4.46. The number of hydrogen-bond acceptors (Lipinski definition) is 5. The maximum absolute atomic E-state index is 13.1. The molecule has 1 fully saturated rings. The summed E-state index contributed by atoms with van der Waals surface area (Å²) >= 11 is 0.973. The number of nitrogens with one attached hydrogen (secondary N) is 1. The van der Waals surface area contributed by atoms with Gasteiger partial charge >= 0.3 is 12.1 Å². The molecule has 1 aromatic carbocycles. The van der Waals surface area contributed by atoms with Gasteiger partial charge in [-0.25, -0.2) is 9.78 Å². The highest BCUT2D eigenvalue weighted by Gasteiger charge is 2.48. The van der Waals surface area contributed by atoms with Gasteiger partial charge in [-0.1, -0.05) is 29.5 Å². The third kappa shape index (κ3) is 3.57. The van der Waals surface area contributed by atoms with Crippen molar-refractivity contribution in [2.24, 2.45) is 5.92 Å². The molecule has 0 radical (unpaired) electrons. The summed E-state index contributed by atoms with van der Waals surface area (Å²) in [6, 6.07) is 5.29. The van der Waals surface area contributed by atoms with E-state index in [-0.39, 0.29) is 15.6 Å². The van der Waals surface area contributed by atoms with Crippen molar-refractivity contribution >= 4 is 28.3 Å². The summed E-state index contributed by atoms with van der Waals surface area (Å²) in [6.45, 7) is 1.61. The summed E-state index contributed by atoms with van der Waals surface area (Å²) in [5, 5.41) is 2.81. The Hall–Kier alpha value is -2.42. The van der Waals surface area contributed by atoms with Crippen LogP contribution in [-0.4, -0.2) is 24.0 Å². The lowest BCUT2D eigenvalue weighted by atomic mass is 10.0. The van der Waals surface area contributed by atoms with Gasteiger partial charge in [-0.05, 0) is 30.9 Å². The number of amides is 1. The highest BCUT2D eigenvalue weighted by atomic mass is 32.1. The van der Waals surface area contributed by atoms with E-state index in [1.165, 1.54) is 25.3 Å². The Bertz CT molecular complexity index is 863. The number of thiazole rings is 1. The van der Waals surface area contributed by atoms with E-state index in [9.17, 15) is 22.8 Å². The summed E-state index contributed by atoms with van der Waals surface area (Å²) in [5.74, 6) is -1.99. The van der Waals surface area contributed by atoms with Crippen molar-refractivity contribution in [3.05, 3.63) is 46.0 Å². The lowest BCUT2D eigenvalue weighted by molar-refractivity contribution is -0.138. The predicted molar refractivity (Wildman–Crippen MR) is 89.1 cm³/mol. The van der Waals surface area contributed by atoms with E-state index >= 15 is 0 Å². The van der Waals surface area contributed by atoms with Crippen LogP contribution in [0.3, 0.4) is 0 Å². The molecule has 0 saturated heterocycles. The average Bonchev–Trinajstić information content (AvgIpc) is 3.31. The molecule has 26 heavy (non-hydrogen) atoms. The monoisotopic (exact) mass is 384 g/mol. The van der Waals surface area contributed by atoms with Crippen molar-refractivity contribution in [3.8, 4) is 0 Å². The molecule has 1 aliphatic rings. The number of carbonyl (C=O) groups is 2. The summed E-state index contributed by atoms with van der Waals surface area (Å²) in [4.78, 5) is 28.3. The van der Waals surface area contributed by atoms with E-state index in [2.05, 4.69) is 15.0 Å². The van der Waals surface area contributed by atoms with Gasteiger partial charge in [0.05, 0.1) is 18.4 Å². The van der Waals surface area contributed by atoms with Gasteiger partial charge in [-0.3, -0.25) is 4.79 Å². The molecule has 1 amide bonds. The maximum Gasteiger partial charge on any atom is 0.416 e. The standard InChI is InChI=1S/C17H15F3N2O3S/c1-8-13(15(24)25-2)26-16(21-8)22-14(23)11-7-10(11)9-5-3-4-6-12(9)17(18,19)20/h3-6,10-11H,7H2,1-2H3,(H,21,22,23)/t10-,11+/m1/s1. The van der Waals surface area contributed by atoms with Crippen LogP contribution in [0.4, 0.5) is 18.3 Å². The first-order valence-corrected chi connectivity index (χ1v) is 8.56. The van der Waals surface area contributed by atoms with E-state index in [1.54, 1.807) is 6.92 Å². The van der Waals surface area contributed by atoms with Gasteiger partial charge < -0.3 is 10.1 Å². The number of halogens is 3. The molecule has 1 aromatic heterocycles. The van der Waals surface area contributed by atoms with E-state index in [0.717, 1.165) is 17.4 Å². The minimum Gasteiger partial charge on any atom is -0.465 e. The summed E-state index contributed by atoms with van der Waals surface area (Å²) in [7, 11) is 1.24. The number of carbonyl (C=O) groups excluding carboxylic acids is 2. The Balaban J connectivity index is 1.72. The first-order valence-electron chi connectivity index (χ1n) is 7.75. The van der Waals surface area contributed by atoms with Crippen LogP contribution in [0.15, 0.2) is 24.3 Å². The van der Waals surface area contributed by atoms with Crippen LogP contribution in [0.1, 0.15) is 38.8 Å². The fourth-order valence-electron chi connectivity index (χ4n) is 2.84. The Morgan fingerprint density at radius 1 is 1.31 bits per heavy atom. The molecule has 0 bridgehead atoms. The van der Waals surface area contributed by atoms with Crippen LogP contribution < -0.4 is 5.32 Å². The van der Waals surface area contributed by atoms with Gasteiger partial charge in [-0.15, -0.1) is 0 Å². The number of nitrogens with zero attached hydrogens (tertiary/aromatic N) is 1. The Labute approximate surface area is 151 Å². The fraction of sp³-hybridized carbons (Fsp3) is 0.353. The fourth-order valence-corrected chi connectivity index (χ4v) is 3.72. The van der Waals surface area contributed by atoms with Gasteiger partial charge in [-0.2, -0.15) is 13.2 Å². The van der Waals surface area contributed by atoms with Crippen LogP contribution in [0.25, 0.3) is 0 Å². The van der Waals surface area contributed by atoms with E-state index in [4.69, 9.17) is 0 Å². The van der Waals surface area contributed by atoms with Crippen LogP contribution in [0.5, 0.6) is 0 Å². The number of methoxy groups -OCH3 is 1. The average molecular weight is 384 g/mol. The Morgan fingerprint density at radius 2 is 2.00 bits per heavy atom. The molecule has 0 spiro atoms. The lowest BCUT2D eigenvalue weighted by Gasteiger charge is -2.12. The zero-order valence-electron chi connectivity index (χ0n) is 13.9. The van der Waals surface area contributed by atoms with Crippen LogP contribution in [0.2, 0.25) is 0 Å². The van der Waals surface area contributed by atoms with Crippen molar-refractivity contribution in [2.45, 2.75) is 25.4 Å². The topological polar surface area (TPSA) is 68.3 Å². The zero-order valence-corrected chi connectivity index (χ0v) is 14.7. The molecule has 0 aliphatic heterocycles. The molecule has 2 atom stereocenters. The first kappa shape index (κ1) is 18.4. The highest BCUT2D eigenvalue weighted by Crippen LogP contribution is 2.51. The molecule has 1 N–H and O–H groups in total. The Kier molecular flexibility index (Phi) is 4.74. The third-order valence-corrected chi connectivity index (χ3v) is 5.24. The molecule has 5 nitrogen and oxygen atoms in total. The number of esters is 1. The number of aryl methyl sites for hydroxylation is 1. The van der Waals surface area contributed by atoms with E-state index in [0.29, 0.717) is 12.1 Å². The minimum absolute atomic E-state index is 0.130. The number of ether oxygens (including phenoxy) is 1. The van der Waals surface area contributed by atoms with Crippen molar-refractivity contribution in [2.75, 3.05) is 12.4 Å². The van der Waals surface area contributed by atoms with E-state index < -0.39 is 35.5 Å². The van der Waals surface area contributed by atoms with Crippen molar-refractivity contribution in [3.63, 3.8) is 0 Å². The second kappa shape index (κ2) is 6.71. The first-order chi connectivity index (χ1) is 12.2. The molecule has 9 heteroatoms. The van der Waals surface area contributed by atoms with Crippen LogP contribution in [-0.2, 0) is 15.7 Å². The van der Waals surface area contributed by atoms with Gasteiger partial charge in [0, 0.05) is 5.92 Å². The third-order valence-electron chi connectivity index (χ3n) is 4.19. The second-order valence-corrected chi connectivity index (χ2v) is 6.95. The molecular weight excluding hydrogens is 369 g/mol. The summed E-state index contributed by atoms with van der Waals surface area (Å²) in [6.07, 6.45) is -4.12. The number of aromatic nitrogens is 1. The molecular formula is C17H15F3N2O3S. The number of alkyl halides is 3. The van der Waals surface area contributed by atoms with Crippen molar-refractivity contribution in [1.29, 1.82) is 0 Å². The van der Waals surface area contributed by atoms with Crippen molar-refractivity contribution in [1.82, 2.24) is 4.98 Å². The van der Waals surface area contributed by atoms with E-state index in [1.807, 2.05) is 0 Å². The number of hydrogen-bond donors (Lipinski definition) is 1. The molecule has 0 unspecified atom stereocenters. The number of anilines is 1. The maximum atomic E-state index is 13.1. The van der Waals surface area contributed by atoms with Gasteiger partial charge in [0.15, 0.2) is 5.13 Å². The lowest BCUT2D eigenvalue weighted by Crippen LogP contribution is -2.15. The molecule has 1 aliphatic carbocycles. The smallest absolute Gasteiger partial charge is 0.416 e.